The number of nitrogen functional groups attached to an aromatic ring is 1. The van der Waals surface area contributed by atoms with Gasteiger partial charge in [0.25, 0.3) is 0 Å². The van der Waals surface area contributed by atoms with Crippen LogP contribution in [0.25, 0.3) is 0 Å². The Hall–Kier alpha value is -1.45. The summed E-state index contributed by atoms with van der Waals surface area (Å²) in [5, 5.41) is 6.63. The van der Waals surface area contributed by atoms with E-state index in [2.05, 4.69) is 31.1 Å². The lowest BCUT2D eigenvalue weighted by Gasteiger charge is -2.18. The maximum absolute atomic E-state index is 12.6. The van der Waals surface area contributed by atoms with Gasteiger partial charge in [0.05, 0.1) is 11.4 Å². The summed E-state index contributed by atoms with van der Waals surface area (Å²) < 4.78 is 27.1. The molecular weight excluding hydrogens is 358 g/mol. The molecule has 3 N–H and O–H groups in total. The molecule has 21 heavy (non-hydrogen) atoms. The molecule has 1 aromatic carbocycles. The Bertz CT molecular complexity index is 772. The number of H-pyrrole nitrogens is 1. The van der Waals surface area contributed by atoms with Gasteiger partial charge in [0, 0.05) is 17.2 Å². The molecule has 0 bridgehead atoms. The van der Waals surface area contributed by atoms with Crippen LogP contribution >= 0.6 is 15.9 Å². The Morgan fingerprint density at radius 2 is 2.05 bits per heavy atom. The van der Waals surface area contributed by atoms with Gasteiger partial charge in [-0.1, -0.05) is 0 Å². The molecule has 0 aliphatic heterocycles. The average Bonchev–Trinajstić information content (AvgIpc) is 2.79. The number of aromatic amines is 1. The highest BCUT2D eigenvalue weighted by Crippen LogP contribution is 2.28. The fraction of sp³-hybridized carbons (Fsp3) is 0.333. The van der Waals surface area contributed by atoms with Crippen molar-refractivity contribution < 1.29 is 8.42 Å². The van der Waals surface area contributed by atoms with Crippen molar-refractivity contribution in [2.24, 2.45) is 0 Å². The topological polar surface area (TPSA) is 105 Å². The normalized spacial score (nSPS) is 12.0. The third-order valence-electron chi connectivity index (χ3n) is 2.99. The van der Waals surface area contributed by atoms with Crippen LogP contribution < -0.4 is 5.73 Å². The third kappa shape index (κ3) is 3.25. The Labute approximate surface area is 131 Å². The lowest BCUT2D eigenvalue weighted by atomic mass is 10.2. The summed E-state index contributed by atoms with van der Waals surface area (Å²) in [7, 11) is -2.17. The zero-order valence-corrected chi connectivity index (χ0v) is 14.3. The molecular formula is C12H16BrN5O2S. The molecule has 1 heterocycles. The second-order valence-electron chi connectivity index (χ2n) is 4.74. The molecule has 7 nitrogen and oxygen atoms in total. The van der Waals surface area contributed by atoms with Gasteiger partial charge in [-0.3, -0.25) is 5.10 Å². The van der Waals surface area contributed by atoms with E-state index >= 15 is 0 Å². The summed E-state index contributed by atoms with van der Waals surface area (Å²) in [6.45, 7) is 3.56. The SMILES string of the molecule is Cc1nc(CN(C)S(=O)(=O)c2cc(N)c(Br)cc2C)n[nH]1. The minimum absolute atomic E-state index is 0.0854. The monoisotopic (exact) mass is 373 g/mol. The van der Waals surface area contributed by atoms with Crippen LogP contribution in [-0.4, -0.2) is 35.0 Å². The van der Waals surface area contributed by atoms with E-state index in [0.29, 0.717) is 27.4 Å². The number of benzene rings is 1. The highest BCUT2D eigenvalue weighted by Gasteiger charge is 2.24. The van der Waals surface area contributed by atoms with E-state index < -0.39 is 10.0 Å². The molecule has 0 fully saturated rings. The first-order valence-electron chi connectivity index (χ1n) is 6.11. The molecule has 0 aliphatic rings. The summed E-state index contributed by atoms with van der Waals surface area (Å²) in [4.78, 5) is 4.29. The quantitative estimate of drug-likeness (QED) is 0.791. The zero-order chi connectivity index (χ0) is 15.8. The van der Waals surface area contributed by atoms with Crippen molar-refractivity contribution in [2.75, 3.05) is 12.8 Å². The van der Waals surface area contributed by atoms with Gasteiger partial charge in [-0.2, -0.15) is 9.40 Å². The van der Waals surface area contributed by atoms with Crippen molar-refractivity contribution in [2.45, 2.75) is 25.3 Å². The van der Waals surface area contributed by atoms with Crippen LogP contribution in [0.15, 0.2) is 21.5 Å². The molecule has 114 valence electrons. The average molecular weight is 374 g/mol. The molecule has 0 saturated heterocycles. The molecule has 0 radical (unpaired) electrons. The predicted octanol–water partition coefficient (Wildman–Crippen LogP) is 1.59. The fourth-order valence-electron chi connectivity index (χ4n) is 1.86. The van der Waals surface area contributed by atoms with Crippen LogP contribution in [0.2, 0.25) is 0 Å². The van der Waals surface area contributed by atoms with Gasteiger partial charge >= 0.3 is 0 Å². The minimum atomic E-state index is -3.66. The van der Waals surface area contributed by atoms with Crippen molar-refractivity contribution in [3.8, 4) is 0 Å². The Morgan fingerprint density at radius 3 is 2.62 bits per heavy atom. The number of rotatable bonds is 4. The van der Waals surface area contributed by atoms with Gasteiger partial charge in [0.1, 0.15) is 5.82 Å². The Kier molecular flexibility index (Phi) is 4.35. The van der Waals surface area contributed by atoms with E-state index in [1.165, 1.54) is 17.4 Å². The molecule has 9 heteroatoms. The molecule has 0 amide bonds. The zero-order valence-electron chi connectivity index (χ0n) is 11.9. The second-order valence-corrected chi connectivity index (χ2v) is 7.60. The molecule has 0 atom stereocenters. The second kappa shape index (κ2) is 5.74. The molecule has 1 aromatic heterocycles. The number of nitrogens with zero attached hydrogens (tertiary/aromatic N) is 3. The standard InChI is InChI=1S/C12H16BrN5O2S/c1-7-4-9(13)10(14)5-11(7)21(19,20)18(3)6-12-15-8(2)16-17-12/h4-5H,6,14H2,1-3H3,(H,15,16,17). The first kappa shape index (κ1) is 15.9. The van der Waals surface area contributed by atoms with Crippen LogP contribution in [0.4, 0.5) is 5.69 Å². The number of hydrogen-bond donors (Lipinski definition) is 2. The molecule has 0 unspecified atom stereocenters. The summed E-state index contributed by atoms with van der Waals surface area (Å²) in [5.74, 6) is 1.06. The highest BCUT2D eigenvalue weighted by molar-refractivity contribution is 9.10. The number of nitrogens with one attached hydrogen (secondary N) is 1. The van der Waals surface area contributed by atoms with Crippen LogP contribution in [0.1, 0.15) is 17.2 Å². The van der Waals surface area contributed by atoms with Gasteiger partial charge in [-0.25, -0.2) is 13.4 Å². The van der Waals surface area contributed by atoms with Crippen LogP contribution in [0, 0.1) is 13.8 Å². The predicted molar refractivity (Wildman–Crippen MR) is 83.1 cm³/mol. The largest absolute Gasteiger partial charge is 0.398 e. The van der Waals surface area contributed by atoms with Crippen LogP contribution in [0.3, 0.4) is 0 Å². The number of halogens is 1. The lowest BCUT2D eigenvalue weighted by Crippen LogP contribution is -2.27. The van der Waals surface area contributed by atoms with Gasteiger partial charge in [-0.05, 0) is 47.5 Å². The summed E-state index contributed by atoms with van der Waals surface area (Å²) >= 11 is 3.28. The van der Waals surface area contributed by atoms with Crippen molar-refractivity contribution in [3.63, 3.8) is 0 Å². The number of aromatic nitrogens is 3. The van der Waals surface area contributed by atoms with Crippen molar-refractivity contribution in [1.29, 1.82) is 0 Å². The summed E-state index contributed by atoms with van der Waals surface area (Å²) in [6, 6.07) is 3.14. The minimum Gasteiger partial charge on any atom is -0.398 e. The first-order valence-corrected chi connectivity index (χ1v) is 8.35. The van der Waals surface area contributed by atoms with E-state index in [1.807, 2.05) is 0 Å². The van der Waals surface area contributed by atoms with Gasteiger partial charge in [-0.15, -0.1) is 0 Å². The number of anilines is 1. The molecule has 0 saturated carbocycles. The van der Waals surface area contributed by atoms with E-state index in [4.69, 9.17) is 5.73 Å². The number of sulfonamides is 1. The molecule has 2 aromatic rings. The number of nitrogens with two attached hydrogens (primary N) is 1. The molecule has 2 rings (SSSR count). The van der Waals surface area contributed by atoms with Gasteiger partial charge in [0.2, 0.25) is 10.0 Å². The smallest absolute Gasteiger partial charge is 0.243 e. The highest BCUT2D eigenvalue weighted by atomic mass is 79.9. The van der Waals surface area contributed by atoms with E-state index in [0.717, 1.165) is 0 Å². The maximum atomic E-state index is 12.6. The van der Waals surface area contributed by atoms with Crippen LogP contribution in [0.5, 0.6) is 0 Å². The maximum Gasteiger partial charge on any atom is 0.243 e. The van der Waals surface area contributed by atoms with Gasteiger partial charge < -0.3 is 5.73 Å². The van der Waals surface area contributed by atoms with E-state index in [9.17, 15) is 8.42 Å². The Balaban J connectivity index is 2.35. The number of aryl methyl sites for hydroxylation is 2. The van der Waals surface area contributed by atoms with E-state index in [1.54, 1.807) is 19.9 Å². The van der Waals surface area contributed by atoms with E-state index in [-0.39, 0.29) is 11.4 Å². The fourth-order valence-corrected chi connectivity index (χ4v) is 3.68. The summed E-state index contributed by atoms with van der Waals surface area (Å²) in [6.07, 6.45) is 0. The van der Waals surface area contributed by atoms with Crippen LogP contribution in [-0.2, 0) is 16.6 Å². The van der Waals surface area contributed by atoms with Gasteiger partial charge in [0.15, 0.2) is 5.82 Å². The molecule has 0 aliphatic carbocycles. The lowest BCUT2D eigenvalue weighted by molar-refractivity contribution is 0.457. The third-order valence-corrected chi connectivity index (χ3v) is 5.62. The summed E-state index contributed by atoms with van der Waals surface area (Å²) in [5.41, 5.74) is 6.78. The van der Waals surface area contributed by atoms with Crippen molar-refractivity contribution in [3.05, 3.63) is 33.8 Å². The Morgan fingerprint density at radius 1 is 1.38 bits per heavy atom. The number of hydrogen-bond acceptors (Lipinski definition) is 5. The molecule has 0 spiro atoms. The first-order chi connectivity index (χ1) is 9.71. The van der Waals surface area contributed by atoms with Crippen molar-refractivity contribution in [1.82, 2.24) is 19.5 Å². The van der Waals surface area contributed by atoms with Crippen molar-refractivity contribution >= 4 is 31.6 Å².